The number of carbonyl (C=O) groups is 1. The average molecular weight is 508 g/mol. The summed E-state index contributed by atoms with van der Waals surface area (Å²) >= 11 is 2.66. The first kappa shape index (κ1) is 22.9. The number of fused-ring (bicyclic) bond motifs is 1. The van der Waals surface area contributed by atoms with Crippen LogP contribution in [0.25, 0.3) is 27.5 Å². The molecule has 5 rings (SSSR count). The van der Waals surface area contributed by atoms with Crippen LogP contribution in [-0.4, -0.2) is 45.1 Å². The number of thioether (sulfide) groups is 1. The maximum atomic E-state index is 12.7. The van der Waals surface area contributed by atoms with E-state index in [0.29, 0.717) is 34.2 Å². The standard InChI is InChI=1S/C24H21N5O4S2/c1-3-32-15-10-11-16-20(13-15)35-23(25-16)26-21(30)14-34-24-28-27-22(19-9-6-12-33-19)29(24)17-7-4-5-8-18(17)31-2/h4-13H,3,14H2,1-2H3,(H,25,26,30). The second-order valence-corrected chi connectivity index (χ2v) is 9.18. The van der Waals surface area contributed by atoms with Crippen LogP contribution in [0.5, 0.6) is 11.5 Å². The van der Waals surface area contributed by atoms with Crippen molar-refractivity contribution in [2.24, 2.45) is 0 Å². The number of hydrogen-bond donors (Lipinski definition) is 1. The van der Waals surface area contributed by atoms with Gasteiger partial charge in [-0.25, -0.2) is 4.98 Å². The number of ether oxygens (including phenoxy) is 2. The van der Waals surface area contributed by atoms with Crippen molar-refractivity contribution < 1.29 is 18.7 Å². The van der Waals surface area contributed by atoms with E-state index >= 15 is 0 Å². The lowest BCUT2D eigenvalue weighted by Crippen LogP contribution is -2.14. The van der Waals surface area contributed by atoms with Crippen LogP contribution in [0.3, 0.4) is 0 Å². The van der Waals surface area contributed by atoms with E-state index < -0.39 is 0 Å². The third-order valence-corrected chi connectivity index (χ3v) is 6.81. The SMILES string of the molecule is CCOc1ccc2nc(NC(=O)CSc3nnc(-c4ccco4)n3-c3ccccc3OC)sc2c1. The molecule has 5 aromatic rings. The summed E-state index contributed by atoms with van der Waals surface area (Å²) in [6.45, 7) is 2.53. The number of furan rings is 1. The summed E-state index contributed by atoms with van der Waals surface area (Å²) in [5.74, 6) is 2.41. The van der Waals surface area contributed by atoms with Crippen LogP contribution >= 0.6 is 23.1 Å². The van der Waals surface area contributed by atoms with Crippen molar-refractivity contribution in [1.29, 1.82) is 0 Å². The van der Waals surface area contributed by atoms with Gasteiger partial charge in [0.25, 0.3) is 0 Å². The van der Waals surface area contributed by atoms with E-state index in [9.17, 15) is 4.79 Å². The van der Waals surface area contributed by atoms with Gasteiger partial charge in [0, 0.05) is 0 Å². The molecule has 0 unspecified atom stereocenters. The van der Waals surface area contributed by atoms with E-state index in [0.717, 1.165) is 21.7 Å². The minimum atomic E-state index is -0.201. The largest absolute Gasteiger partial charge is 0.495 e. The molecule has 1 amide bonds. The molecule has 11 heteroatoms. The minimum absolute atomic E-state index is 0.117. The number of para-hydroxylation sites is 2. The summed E-state index contributed by atoms with van der Waals surface area (Å²) in [6, 6.07) is 16.8. The molecule has 0 radical (unpaired) electrons. The second-order valence-electron chi connectivity index (χ2n) is 7.21. The van der Waals surface area contributed by atoms with Crippen LogP contribution < -0.4 is 14.8 Å². The highest BCUT2D eigenvalue weighted by Gasteiger charge is 2.21. The molecule has 0 aliphatic rings. The zero-order valence-corrected chi connectivity index (χ0v) is 20.6. The molecule has 178 valence electrons. The lowest BCUT2D eigenvalue weighted by molar-refractivity contribution is -0.113. The first-order valence-corrected chi connectivity index (χ1v) is 12.5. The maximum Gasteiger partial charge on any atom is 0.236 e. The molecule has 1 N–H and O–H groups in total. The zero-order chi connectivity index (χ0) is 24.2. The van der Waals surface area contributed by atoms with Crippen molar-refractivity contribution in [3.63, 3.8) is 0 Å². The van der Waals surface area contributed by atoms with Gasteiger partial charge in [-0.2, -0.15) is 0 Å². The van der Waals surface area contributed by atoms with Gasteiger partial charge in [-0.15, -0.1) is 10.2 Å². The van der Waals surface area contributed by atoms with Gasteiger partial charge in [-0.05, 0) is 49.4 Å². The highest BCUT2D eigenvalue weighted by atomic mass is 32.2. The van der Waals surface area contributed by atoms with Crippen LogP contribution in [0, 0.1) is 0 Å². The molecule has 0 aliphatic heterocycles. The van der Waals surface area contributed by atoms with Gasteiger partial charge in [0.1, 0.15) is 11.5 Å². The molecule has 0 atom stereocenters. The Balaban J connectivity index is 1.36. The number of methoxy groups -OCH3 is 1. The molecular weight excluding hydrogens is 486 g/mol. The fourth-order valence-electron chi connectivity index (χ4n) is 3.46. The monoisotopic (exact) mass is 507 g/mol. The molecule has 2 aromatic carbocycles. The Labute approximate surface area is 209 Å². The third kappa shape index (κ3) is 4.86. The van der Waals surface area contributed by atoms with Crippen molar-refractivity contribution >= 4 is 44.4 Å². The lowest BCUT2D eigenvalue weighted by atomic mass is 10.3. The van der Waals surface area contributed by atoms with Gasteiger partial charge in [-0.3, -0.25) is 9.36 Å². The molecule has 0 bridgehead atoms. The summed E-state index contributed by atoms with van der Waals surface area (Å²) < 4.78 is 19.4. The van der Waals surface area contributed by atoms with Crippen LogP contribution in [-0.2, 0) is 4.79 Å². The number of anilines is 1. The highest BCUT2D eigenvalue weighted by Crippen LogP contribution is 2.33. The van der Waals surface area contributed by atoms with Gasteiger partial charge in [0.05, 0.1) is 41.6 Å². The number of aromatic nitrogens is 4. The van der Waals surface area contributed by atoms with Crippen molar-refractivity contribution in [3.8, 4) is 28.8 Å². The number of nitrogens with one attached hydrogen (secondary N) is 1. The zero-order valence-electron chi connectivity index (χ0n) is 18.9. The van der Waals surface area contributed by atoms with Crippen LogP contribution in [0.15, 0.2) is 70.4 Å². The number of rotatable bonds is 9. The van der Waals surface area contributed by atoms with E-state index in [1.54, 1.807) is 25.5 Å². The van der Waals surface area contributed by atoms with Crippen LogP contribution in [0.4, 0.5) is 5.13 Å². The number of carbonyl (C=O) groups excluding carboxylic acids is 1. The molecule has 0 fully saturated rings. The first-order chi connectivity index (χ1) is 17.2. The summed E-state index contributed by atoms with van der Waals surface area (Å²) in [5.41, 5.74) is 1.55. The normalized spacial score (nSPS) is 11.0. The van der Waals surface area contributed by atoms with Gasteiger partial charge in [0.2, 0.25) is 11.7 Å². The van der Waals surface area contributed by atoms with Crippen molar-refractivity contribution in [1.82, 2.24) is 19.7 Å². The van der Waals surface area contributed by atoms with Gasteiger partial charge >= 0.3 is 0 Å². The lowest BCUT2D eigenvalue weighted by Gasteiger charge is -2.12. The van der Waals surface area contributed by atoms with Crippen molar-refractivity contribution in [2.75, 3.05) is 24.8 Å². The Morgan fingerprint density at radius 1 is 1.17 bits per heavy atom. The number of thiazole rings is 1. The number of benzene rings is 2. The number of amides is 1. The topological polar surface area (TPSA) is 104 Å². The van der Waals surface area contributed by atoms with E-state index in [4.69, 9.17) is 13.9 Å². The summed E-state index contributed by atoms with van der Waals surface area (Å²) in [7, 11) is 1.60. The Morgan fingerprint density at radius 2 is 2.06 bits per heavy atom. The minimum Gasteiger partial charge on any atom is -0.495 e. The molecule has 35 heavy (non-hydrogen) atoms. The highest BCUT2D eigenvalue weighted by molar-refractivity contribution is 7.99. The maximum absolute atomic E-state index is 12.7. The molecular formula is C24H21N5O4S2. The first-order valence-electron chi connectivity index (χ1n) is 10.7. The Hall–Kier alpha value is -3.83. The van der Waals surface area contributed by atoms with E-state index in [2.05, 4.69) is 20.5 Å². The Morgan fingerprint density at radius 3 is 2.86 bits per heavy atom. The fourth-order valence-corrected chi connectivity index (χ4v) is 5.12. The molecule has 0 spiro atoms. The van der Waals surface area contributed by atoms with E-state index in [-0.39, 0.29) is 11.7 Å². The third-order valence-electron chi connectivity index (χ3n) is 4.95. The smallest absolute Gasteiger partial charge is 0.236 e. The Bertz CT molecular complexity index is 1460. The molecule has 9 nitrogen and oxygen atoms in total. The van der Waals surface area contributed by atoms with Gasteiger partial charge < -0.3 is 19.2 Å². The predicted molar refractivity (Wildman–Crippen MR) is 136 cm³/mol. The van der Waals surface area contributed by atoms with E-state index in [1.165, 1.54) is 23.1 Å². The van der Waals surface area contributed by atoms with Gasteiger partial charge in [-0.1, -0.05) is 35.2 Å². The van der Waals surface area contributed by atoms with Crippen LogP contribution in [0.2, 0.25) is 0 Å². The molecule has 3 heterocycles. The van der Waals surface area contributed by atoms with Crippen molar-refractivity contribution in [3.05, 3.63) is 60.9 Å². The van der Waals surface area contributed by atoms with Crippen LogP contribution in [0.1, 0.15) is 6.92 Å². The van der Waals surface area contributed by atoms with E-state index in [1.807, 2.05) is 54.0 Å². The number of nitrogens with zero attached hydrogens (tertiary/aromatic N) is 4. The summed E-state index contributed by atoms with van der Waals surface area (Å²) in [6.07, 6.45) is 1.58. The predicted octanol–water partition coefficient (Wildman–Crippen LogP) is 5.28. The molecule has 0 saturated heterocycles. The molecule has 0 saturated carbocycles. The van der Waals surface area contributed by atoms with Gasteiger partial charge in [0.15, 0.2) is 16.0 Å². The summed E-state index contributed by atoms with van der Waals surface area (Å²) in [5, 5.41) is 12.6. The summed E-state index contributed by atoms with van der Waals surface area (Å²) in [4.78, 5) is 17.2. The quantitative estimate of drug-likeness (QED) is 0.269. The van der Waals surface area contributed by atoms with Crippen molar-refractivity contribution in [2.45, 2.75) is 12.1 Å². The number of hydrogen-bond acceptors (Lipinski definition) is 9. The Kier molecular flexibility index (Phi) is 6.68. The molecule has 3 aromatic heterocycles. The fraction of sp³-hybridized carbons (Fsp3) is 0.167. The second kappa shape index (κ2) is 10.2. The average Bonchev–Trinajstić information content (AvgIpc) is 3.62. The molecule has 0 aliphatic carbocycles.